The van der Waals surface area contributed by atoms with Crippen LogP contribution in [0, 0.1) is 29.2 Å². The van der Waals surface area contributed by atoms with Gasteiger partial charge in [0.05, 0.1) is 0 Å². The number of carbonyl (C=O) groups excluding carboxylic acids is 1. The summed E-state index contributed by atoms with van der Waals surface area (Å²) in [5.41, 5.74) is 4.20. The average molecular weight is 574 g/mol. The van der Waals surface area contributed by atoms with Gasteiger partial charge in [-0.15, -0.1) is 0 Å². The van der Waals surface area contributed by atoms with E-state index in [0.717, 1.165) is 30.3 Å². The summed E-state index contributed by atoms with van der Waals surface area (Å²) in [6, 6.07) is 6.70. The second-order valence-corrected chi connectivity index (χ2v) is 11.2. The molecule has 0 unspecified atom stereocenters. The first-order valence-corrected chi connectivity index (χ1v) is 13.2. The summed E-state index contributed by atoms with van der Waals surface area (Å²) >= 11 is 0. The largest absolute Gasteiger partial charge is 0.459 e. The highest BCUT2D eigenvalue weighted by Crippen LogP contribution is 2.30. The standard InChI is InChI=1S/C31H35F4N3O3/c1-17(2)13-26(30(40)41-31(4,5)6)37-12-11-19-14-24(34)28(25(35)15-19)38-27(39)10-9-22(29(38)36)18(3)21-8-7-20(32)16-23(21)33/h7-10,14-17,26,37H,3,11-13,36H2,1-2,4-6H3/t26-/m1/s1. The van der Waals surface area contributed by atoms with Crippen LogP contribution in [0.1, 0.15) is 57.7 Å². The molecule has 41 heavy (non-hydrogen) atoms. The van der Waals surface area contributed by atoms with Crippen LogP contribution in [0.25, 0.3) is 11.3 Å². The lowest BCUT2D eigenvalue weighted by molar-refractivity contribution is -0.157. The number of nitrogen functional groups attached to an aromatic ring is 1. The van der Waals surface area contributed by atoms with Crippen LogP contribution in [0.4, 0.5) is 23.4 Å². The van der Waals surface area contributed by atoms with E-state index in [1.807, 2.05) is 13.8 Å². The van der Waals surface area contributed by atoms with Gasteiger partial charge in [-0.1, -0.05) is 20.4 Å². The van der Waals surface area contributed by atoms with Gasteiger partial charge in [0, 0.05) is 23.3 Å². The molecule has 10 heteroatoms. The highest BCUT2D eigenvalue weighted by molar-refractivity contribution is 5.83. The van der Waals surface area contributed by atoms with Gasteiger partial charge in [0.15, 0.2) is 11.6 Å². The number of ether oxygens (including phenoxy) is 1. The molecule has 1 aromatic heterocycles. The van der Waals surface area contributed by atoms with Crippen molar-refractivity contribution in [3.05, 3.63) is 99.4 Å². The molecule has 220 valence electrons. The van der Waals surface area contributed by atoms with Crippen LogP contribution in [0.5, 0.6) is 0 Å². The summed E-state index contributed by atoms with van der Waals surface area (Å²) in [7, 11) is 0. The van der Waals surface area contributed by atoms with Gasteiger partial charge in [0.25, 0.3) is 5.56 Å². The molecule has 0 bridgehead atoms. The zero-order chi connectivity index (χ0) is 30.6. The highest BCUT2D eigenvalue weighted by Gasteiger charge is 2.26. The van der Waals surface area contributed by atoms with Crippen LogP contribution in [0.3, 0.4) is 0 Å². The van der Waals surface area contributed by atoms with Crippen molar-refractivity contribution in [2.45, 2.75) is 59.1 Å². The van der Waals surface area contributed by atoms with Crippen LogP contribution in [0.15, 0.2) is 53.8 Å². The summed E-state index contributed by atoms with van der Waals surface area (Å²) in [6.45, 7) is 13.3. The van der Waals surface area contributed by atoms with Crippen LogP contribution >= 0.6 is 0 Å². The van der Waals surface area contributed by atoms with Gasteiger partial charge in [0.2, 0.25) is 0 Å². The number of pyridine rings is 1. The maximum atomic E-state index is 15.3. The molecule has 0 fully saturated rings. The first kappa shape index (κ1) is 31.6. The van der Waals surface area contributed by atoms with Crippen molar-refractivity contribution in [3.8, 4) is 5.69 Å². The van der Waals surface area contributed by atoms with Crippen LogP contribution in [-0.2, 0) is 16.0 Å². The van der Waals surface area contributed by atoms with Crippen LogP contribution in [-0.4, -0.2) is 28.7 Å². The normalized spacial score (nSPS) is 12.4. The lowest BCUT2D eigenvalue weighted by atomic mass is 9.99. The molecular formula is C31H35F4N3O3. The monoisotopic (exact) mass is 573 g/mol. The Balaban J connectivity index is 1.87. The first-order valence-electron chi connectivity index (χ1n) is 13.2. The van der Waals surface area contributed by atoms with Crippen LogP contribution < -0.4 is 16.6 Å². The third kappa shape index (κ3) is 7.85. The molecule has 0 saturated heterocycles. The summed E-state index contributed by atoms with van der Waals surface area (Å²) in [4.78, 5) is 25.3. The third-order valence-corrected chi connectivity index (χ3v) is 6.21. The predicted octanol–water partition coefficient (Wildman–Crippen LogP) is 5.93. The first-order chi connectivity index (χ1) is 19.1. The minimum Gasteiger partial charge on any atom is -0.459 e. The van der Waals surface area contributed by atoms with E-state index >= 15 is 8.78 Å². The molecule has 0 amide bonds. The van der Waals surface area contributed by atoms with E-state index in [1.165, 1.54) is 6.07 Å². The molecule has 0 radical (unpaired) electrons. The van der Waals surface area contributed by atoms with Crippen molar-refractivity contribution < 1.29 is 27.1 Å². The van der Waals surface area contributed by atoms with E-state index in [-0.39, 0.29) is 47.0 Å². The summed E-state index contributed by atoms with van der Waals surface area (Å²) in [5, 5.41) is 3.11. The van der Waals surface area contributed by atoms with Gasteiger partial charge in [-0.2, -0.15) is 0 Å². The summed E-state index contributed by atoms with van der Waals surface area (Å²) in [5.74, 6) is -4.38. The van der Waals surface area contributed by atoms with E-state index in [4.69, 9.17) is 10.5 Å². The Hall–Kier alpha value is -3.92. The molecule has 2 aromatic carbocycles. The smallest absolute Gasteiger partial charge is 0.323 e. The molecule has 0 aliphatic rings. The van der Waals surface area contributed by atoms with Crippen molar-refractivity contribution in [3.63, 3.8) is 0 Å². The summed E-state index contributed by atoms with van der Waals surface area (Å²) in [6.07, 6.45) is 0.693. The topological polar surface area (TPSA) is 86.3 Å². The van der Waals surface area contributed by atoms with E-state index in [2.05, 4.69) is 11.9 Å². The maximum Gasteiger partial charge on any atom is 0.323 e. The van der Waals surface area contributed by atoms with Crippen LogP contribution in [0.2, 0.25) is 0 Å². The maximum absolute atomic E-state index is 15.3. The third-order valence-electron chi connectivity index (χ3n) is 6.21. The van der Waals surface area contributed by atoms with Crippen molar-refractivity contribution in [2.24, 2.45) is 5.92 Å². The van der Waals surface area contributed by atoms with Gasteiger partial charge >= 0.3 is 5.97 Å². The van der Waals surface area contributed by atoms with E-state index < -0.39 is 52.1 Å². The highest BCUT2D eigenvalue weighted by atomic mass is 19.1. The number of hydrogen-bond donors (Lipinski definition) is 2. The number of hydrogen-bond acceptors (Lipinski definition) is 5. The molecule has 0 spiro atoms. The molecule has 0 saturated carbocycles. The predicted molar refractivity (Wildman–Crippen MR) is 152 cm³/mol. The number of carbonyl (C=O) groups is 1. The molecule has 3 N–H and O–H groups in total. The number of nitrogens with two attached hydrogens (primary N) is 1. The number of anilines is 1. The van der Waals surface area contributed by atoms with Crippen molar-refractivity contribution in [1.29, 1.82) is 0 Å². The SMILES string of the molecule is C=C(c1ccc(F)cc1F)c1ccc(=O)n(-c2c(F)cc(CCN[C@H](CC(C)C)C(=O)OC(C)(C)C)cc2F)c1N. The van der Waals surface area contributed by atoms with Gasteiger partial charge < -0.3 is 15.8 Å². The lowest BCUT2D eigenvalue weighted by Gasteiger charge is -2.25. The number of aromatic nitrogens is 1. The quantitative estimate of drug-likeness (QED) is 0.232. The Morgan fingerprint density at radius 1 is 1.00 bits per heavy atom. The van der Waals surface area contributed by atoms with E-state index in [1.54, 1.807) is 20.8 Å². The van der Waals surface area contributed by atoms with Gasteiger partial charge in [-0.25, -0.2) is 17.6 Å². The van der Waals surface area contributed by atoms with Crippen molar-refractivity contribution in [2.75, 3.05) is 12.3 Å². The van der Waals surface area contributed by atoms with Gasteiger partial charge in [0.1, 0.15) is 34.8 Å². The molecule has 0 aliphatic carbocycles. The number of nitrogens with zero attached hydrogens (tertiary/aromatic N) is 1. The Morgan fingerprint density at radius 3 is 2.17 bits per heavy atom. The van der Waals surface area contributed by atoms with E-state index in [0.29, 0.717) is 17.1 Å². The molecule has 3 aromatic rings. The minimum atomic E-state index is -1.05. The Kier molecular flexibility index (Phi) is 9.81. The number of nitrogens with one attached hydrogen (secondary N) is 1. The molecule has 0 aliphatic heterocycles. The fraction of sp³-hybridized carbons (Fsp3) is 0.355. The number of esters is 1. The molecule has 1 heterocycles. The Bertz CT molecular complexity index is 1490. The zero-order valence-electron chi connectivity index (χ0n) is 23.8. The number of halogens is 4. The fourth-order valence-electron chi connectivity index (χ4n) is 4.39. The number of benzene rings is 2. The second-order valence-electron chi connectivity index (χ2n) is 11.2. The average Bonchev–Trinajstić information content (AvgIpc) is 2.83. The van der Waals surface area contributed by atoms with Gasteiger partial charge in [-0.05, 0) is 87.5 Å². The fourth-order valence-corrected chi connectivity index (χ4v) is 4.39. The number of rotatable bonds is 10. The zero-order valence-corrected chi connectivity index (χ0v) is 23.8. The molecular weight excluding hydrogens is 538 g/mol. The van der Waals surface area contributed by atoms with Gasteiger partial charge in [-0.3, -0.25) is 14.2 Å². The molecule has 1 atom stereocenters. The molecule has 3 rings (SSSR count). The van der Waals surface area contributed by atoms with Crippen molar-refractivity contribution >= 4 is 17.4 Å². The van der Waals surface area contributed by atoms with E-state index in [9.17, 15) is 18.4 Å². The van der Waals surface area contributed by atoms with Crippen molar-refractivity contribution in [1.82, 2.24) is 9.88 Å². The molecule has 6 nitrogen and oxygen atoms in total. The second kappa shape index (κ2) is 12.7. The Morgan fingerprint density at radius 2 is 1.61 bits per heavy atom. The minimum absolute atomic E-state index is 0.00167. The summed E-state index contributed by atoms with van der Waals surface area (Å²) < 4.78 is 64.5. The lowest BCUT2D eigenvalue weighted by Crippen LogP contribution is -2.42. The Labute approximate surface area is 236 Å².